The van der Waals surface area contributed by atoms with E-state index in [-0.39, 0.29) is 11.9 Å². The van der Waals surface area contributed by atoms with Crippen molar-refractivity contribution in [3.05, 3.63) is 29.0 Å². The highest BCUT2D eigenvalue weighted by atomic mass is 32.2. The Morgan fingerprint density at radius 2 is 1.89 bits per heavy atom. The molecule has 0 amide bonds. The van der Waals surface area contributed by atoms with E-state index in [4.69, 9.17) is 18.9 Å². The van der Waals surface area contributed by atoms with Crippen molar-refractivity contribution in [1.82, 2.24) is 0 Å². The van der Waals surface area contributed by atoms with Crippen LogP contribution < -0.4 is 14.2 Å². The first-order chi connectivity index (χ1) is 12.9. The molecule has 8 heteroatoms. The minimum Gasteiger partial charge on any atom is -0.493 e. The van der Waals surface area contributed by atoms with Gasteiger partial charge < -0.3 is 24.1 Å². The number of ether oxygens (including phenoxy) is 4. The molecule has 146 valence electrons. The Morgan fingerprint density at radius 1 is 1.19 bits per heavy atom. The van der Waals surface area contributed by atoms with E-state index >= 15 is 0 Å². The van der Waals surface area contributed by atoms with Crippen molar-refractivity contribution in [3.63, 3.8) is 0 Å². The number of ketones is 1. The number of thioether (sulfide) groups is 2. The fourth-order valence-corrected chi connectivity index (χ4v) is 7.22. The van der Waals surface area contributed by atoms with E-state index in [1.165, 1.54) is 14.2 Å². The normalized spacial score (nSPS) is 25.5. The highest BCUT2D eigenvalue weighted by Gasteiger charge is 2.69. The standard InChI is InChI=1S/C19H22O6S2/c1-10(2)24-15-16-18(21,17(15)20)25-13-11(19(16)26-8-5-9-27-19)6-7-12(22-3)14(13)23-4/h6-7,10,21H,5,8-9H2,1-4H3/t18-/m1/s1. The van der Waals surface area contributed by atoms with Gasteiger partial charge >= 0.3 is 5.79 Å². The van der Waals surface area contributed by atoms with Crippen molar-refractivity contribution >= 4 is 29.3 Å². The predicted molar refractivity (Wildman–Crippen MR) is 105 cm³/mol. The van der Waals surface area contributed by atoms with Gasteiger partial charge in [0.15, 0.2) is 17.3 Å². The molecule has 1 spiro atoms. The number of hydrogen-bond acceptors (Lipinski definition) is 8. The monoisotopic (exact) mass is 410 g/mol. The number of aliphatic hydroxyl groups is 1. The van der Waals surface area contributed by atoms with Crippen LogP contribution in [0, 0.1) is 0 Å². The second kappa shape index (κ2) is 6.53. The maximum atomic E-state index is 12.8. The van der Waals surface area contributed by atoms with E-state index in [2.05, 4.69) is 0 Å². The van der Waals surface area contributed by atoms with Crippen LogP contribution in [-0.2, 0) is 13.6 Å². The van der Waals surface area contributed by atoms with Crippen LogP contribution in [0.5, 0.6) is 17.2 Å². The second-order valence-corrected chi connectivity index (χ2v) is 9.67. The maximum Gasteiger partial charge on any atom is 0.305 e. The molecular weight excluding hydrogens is 388 g/mol. The topological polar surface area (TPSA) is 74.2 Å². The van der Waals surface area contributed by atoms with Crippen LogP contribution in [-0.4, -0.2) is 48.5 Å². The van der Waals surface area contributed by atoms with Crippen LogP contribution in [0.3, 0.4) is 0 Å². The summed E-state index contributed by atoms with van der Waals surface area (Å²) in [6, 6.07) is 3.75. The Balaban J connectivity index is 1.98. The van der Waals surface area contributed by atoms with Gasteiger partial charge in [0.25, 0.3) is 5.78 Å². The Labute approximate surface area is 166 Å². The van der Waals surface area contributed by atoms with Crippen LogP contribution in [0.15, 0.2) is 23.5 Å². The number of fused-ring (bicyclic) bond motifs is 4. The zero-order valence-corrected chi connectivity index (χ0v) is 17.3. The molecule has 1 saturated heterocycles. The van der Waals surface area contributed by atoms with Crippen molar-refractivity contribution in [1.29, 1.82) is 0 Å². The predicted octanol–water partition coefficient (Wildman–Crippen LogP) is 3.07. The molecule has 1 fully saturated rings. The van der Waals surface area contributed by atoms with Crippen molar-refractivity contribution in [3.8, 4) is 17.2 Å². The Hall–Kier alpha value is -1.51. The zero-order chi connectivity index (χ0) is 19.4. The van der Waals surface area contributed by atoms with Crippen molar-refractivity contribution < 1.29 is 28.8 Å². The molecule has 0 radical (unpaired) electrons. The summed E-state index contributed by atoms with van der Waals surface area (Å²) in [7, 11) is 3.05. The highest BCUT2D eigenvalue weighted by molar-refractivity contribution is 8.18. The van der Waals surface area contributed by atoms with Crippen molar-refractivity contribution in [2.45, 2.75) is 36.2 Å². The number of Topliss-reactive ketones (excluding diaryl/α,β-unsaturated/α-hetero) is 1. The Bertz CT molecular complexity index is 828. The average Bonchev–Trinajstić information content (AvgIpc) is 2.66. The third-order valence-electron chi connectivity index (χ3n) is 4.77. The van der Waals surface area contributed by atoms with E-state index in [1.807, 2.05) is 26.0 Å². The summed E-state index contributed by atoms with van der Waals surface area (Å²) in [6.07, 6.45) is 0.879. The summed E-state index contributed by atoms with van der Waals surface area (Å²) in [5.41, 5.74) is 1.36. The van der Waals surface area contributed by atoms with Gasteiger partial charge in [-0.3, -0.25) is 4.79 Å². The fraction of sp³-hybridized carbons (Fsp3) is 0.526. The van der Waals surface area contributed by atoms with Crippen LogP contribution in [0.4, 0.5) is 0 Å². The third kappa shape index (κ3) is 2.49. The molecule has 2 heterocycles. The molecule has 1 N–H and O–H groups in total. The second-order valence-electron chi connectivity index (χ2n) is 6.79. The van der Waals surface area contributed by atoms with Gasteiger partial charge in [0.05, 0.1) is 25.9 Å². The molecule has 1 aliphatic carbocycles. The van der Waals surface area contributed by atoms with E-state index in [0.717, 1.165) is 23.5 Å². The van der Waals surface area contributed by atoms with Crippen LogP contribution in [0.2, 0.25) is 0 Å². The quantitative estimate of drug-likeness (QED) is 0.812. The SMILES string of the molecule is COc1ccc2c(c1OC)O[C@@]1(O)C(=O)C(OC(C)C)=C1C21SCCCS1. The van der Waals surface area contributed by atoms with Crippen LogP contribution >= 0.6 is 23.5 Å². The van der Waals surface area contributed by atoms with Gasteiger partial charge in [-0.1, -0.05) is 0 Å². The Morgan fingerprint density at radius 3 is 2.48 bits per heavy atom. The van der Waals surface area contributed by atoms with Crippen molar-refractivity contribution in [2.75, 3.05) is 25.7 Å². The van der Waals surface area contributed by atoms with E-state index < -0.39 is 15.6 Å². The lowest BCUT2D eigenvalue weighted by Gasteiger charge is -2.52. The maximum absolute atomic E-state index is 12.8. The summed E-state index contributed by atoms with van der Waals surface area (Å²) in [6.45, 7) is 3.72. The molecule has 1 aromatic carbocycles. The lowest BCUT2D eigenvalue weighted by Crippen LogP contribution is -2.63. The lowest BCUT2D eigenvalue weighted by atomic mass is 9.78. The minimum atomic E-state index is -2.03. The van der Waals surface area contributed by atoms with Gasteiger partial charge in [0.2, 0.25) is 5.75 Å². The molecule has 4 rings (SSSR count). The molecule has 27 heavy (non-hydrogen) atoms. The number of benzene rings is 1. The summed E-state index contributed by atoms with van der Waals surface area (Å²) < 4.78 is 21.9. The largest absolute Gasteiger partial charge is 0.493 e. The summed E-state index contributed by atoms with van der Waals surface area (Å²) >= 11 is 3.39. The molecule has 2 aliphatic heterocycles. The lowest BCUT2D eigenvalue weighted by molar-refractivity contribution is -0.176. The van der Waals surface area contributed by atoms with Crippen LogP contribution in [0.1, 0.15) is 25.8 Å². The van der Waals surface area contributed by atoms with Gasteiger partial charge in [-0.2, -0.15) is 0 Å². The Kier molecular flexibility index (Phi) is 4.56. The van der Waals surface area contributed by atoms with Gasteiger partial charge in [0, 0.05) is 5.56 Å². The first-order valence-electron chi connectivity index (χ1n) is 8.80. The van der Waals surface area contributed by atoms with E-state index in [1.54, 1.807) is 23.5 Å². The smallest absolute Gasteiger partial charge is 0.305 e. The molecular formula is C19H22O6S2. The molecule has 6 nitrogen and oxygen atoms in total. The highest BCUT2D eigenvalue weighted by Crippen LogP contribution is 2.68. The zero-order valence-electron chi connectivity index (χ0n) is 15.7. The number of hydrogen-bond donors (Lipinski definition) is 1. The van der Waals surface area contributed by atoms with Gasteiger partial charge in [0.1, 0.15) is 4.08 Å². The molecule has 0 saturated carbocycles. The van der Waals surface area contributed by atoms with Crippen LogP contribution in [0.25, 0.3) is 0 Å². The third-order valence-corrected chi connectivity index (χ3v) is 8.12. The van der Waals surface area contributed by atoms with E-state index in [0.29, 0.717) is 22.8 Å². The number of rotatable bonds is 4. The number of carbonyl (C=O) groups excluding carboxylic acids is 1. The van der Waals surface area contributed by atoms with Gasteiger partial charge in [-0.15, -0.1) is 23.5 Å². The average molecular weight is 411 g/mol. The molecule has 0 aromatic heterocycles. The minimum absolute atomic E-state index is 0.177. The number of carbonyl (C=O) groups is 1. The van der Waals surface area contributed by atoms with Gasteiger partial charge in [-0.05, 0) is 43.9 Å². The van der Waals surface area contributed by atoms with Crippen molar-refractivity contribution in [2.24, 2.45) is 0 Å². The number of methoxy groups -OCH3 is 2. The first kappa shape index (κ1) is 18.8. The van der Waals surface area contributed by atoms with Gasteiger partial charge in [-0.25, -0.2) is 0 Å². The molecule has 0 unspecified atom stereocenters. The molecule has 1 aromatic rings. The summed E-state index contributed by atoms with van der Waals surface area (Å²) in [5, 5.41) is 11.2. The van der Waals surface area contributed by atoms with E-state index in [9.17, 15) is 9.90 Å². The molecule has 3 aliphatic rings. The summed E-state index contributed by atoms with van der Waals surface area (Å²) in [5.74, 6) is 0.657. The molecule has 0 bridgehead atoms. The molecule has 1 atom stereocenters. The first-order valence-corrected chi connectivity index (χ1v) is 10.8. The summed E-state index contributed by atoms with van der Waals surface area (Å²) in [4.78, 5) is 12.8. The fourth-order valence-electron chi connectivity index (χ4n) is 3.66.